The van der Waals surface area contributed by atoms with Gasteiger partial charge in [0, 0.05) is 0 Å². The molecule has 0 spiro atoms. The minimum Gasteiger partial charge on any atom is -0.488 e. The first-order chi connectivity index (χ1) is 5.86. The van der Waals surface area contributed by atoms with Crippen LogP contribution in [0.4, 0.5) is 0 Å². The number of fused-ring (bicyclic) bond motifs is 1. The lowest BCUT2D eigenvalue weighted by Crippen LogP contribution is -2.32. The molecule has 0 atom stereocenters. The number of hydrogen-bond acceptors (Lipinski definition) is 3. The standard InChI is InChI=1S/C9H11NO2/c10-7-5-11-8-3-1-2-4-9(8)12-6-7/h1-4,7H,5-6,10H2. The lowest BCUT2D eigenvalue weighted by atomic mass is 10.3. The number of hydrogen-bond donors (Lipinski definition) is 1. The molecule has 3 heteroatoms. The average Bonchev–Trinajstić information content (AvgIpc) is 2.29. The van der Waals surface area contributed by atoms with E-state index in [9.17, 15) is 0 Å². The maximum absolute atomic E-state index is 5.66. The van der Waals surface area contributed by atoms with Crippen molar-refractivity contribution in [3.63, 3.8) is 0 Å². The summed E-state index contributed by atoms with van der Waals surface area (Å²) >= 11 is 0. The molecule has 64 valence electrons. The van der Waals surface area contributed by atoms with Crippen molar-refractivity contribution in [3.05, 3.63) is 24.3 Å². The Morgan fingerprint density at radius 1 is 1.08 bits per heavy atom. The highest BCUT2D eigenvalue weighted by molar-refractivity contribution is 5.39. The topological polar surface area (TPSA) is 44.5 Å². The van der Waals surface area contributed by atoms with Gasteiger partial charge in [-0.05, 0) is 12.1 Å². The Bertz CT molecular complexity index is 248. The van der Waals surface area contributed by atoms with E-state index in [4.69, 9.17) is 15.2 Å². The fourth-order valence-electron chi connectivity index (χ4n) is 1.13. The molecule has 2 rings (SSSR count). The maximum atomic E-state index is 5.66. The van der Waals surface area contributed by atoms with Crippen molar-refractivity contribution in [2.45, 2.75) is 6.04 Å². The van der Waals surface area contributed by atoms with Gasteiger partial charge in [0.05, 0.1) is 6.04 Å². The van der Waals surface area contributed by atoms with E-state index in [1.807, 2.05) is 24.3 Å². The predicted octanol–water partition coefficient (Wildman–Crippen LogP) is 0.785. The summed E-state index contributed by atoms with van der Waals surface area (Å²) in [4.78, 5) is 0. The maximum Gasteiger partial charge on any atom is 0.161 e. The van der Waals surface area contributed by atoms with E-state index in [1.54, 1.807) is 0 Å². The molecular formula is C9H11NO2. The third kappa shape index (κ3) is 1.36. The minimum absolute atomic E-state index is 0.0302. The van der Waals surface area contributed by atoms with Gasteiger partial charge >= 0.3 is 0 Å². The molecule has 0 aromatic heterocycles. The number of para-hydroxylation sites is 2. The summed E-state index contributed by atoms with van der Waals surface area (Å²) in [7, 11) is 0. The lowest BCUT2D eigenvalue weighted by molar-refractivity contribution is 0.264. The van der Waals surface area contributed by atoms with Gasteiger partial charge in [-0.1, -0.05) is 12.1 Å². The van der Waals surface area contributed by atoms with Crippen molar-refractivity contribution in [1.82, 2.24) is 0 Å². The Morgan fingerprint density at radius 3 is 2.08 bits per heavy atom. The first-order valence-electron chi connectivity index (χ1n) is 3.96. The summed E-state index contributed by atoms with van der Waals surface area (Å²) < 4.78 is 10.8. The van der Waals surface area contributed by atoms with Crippen LogP contribution in [-0.2, 0) is 0 Å². The SMILES string of the molecule is NC1COc2ccccc2OC1. The fourth-order valence-corrected chi connectivity index (χ4v) is 1.13. The molecule has 1 aliphatic heterocycles. The van der Waals surface area contributed by atoms with E-state index < -0.39 is 0 Å². The molecule has 0 bridgehead atoms. The van der Waals surface area contributed by atoms with Gasteiger partial charge in [-0.2, -0.15) is 0 Å². The lowest BCUT2D eigenvalue weighted by Gasteiger charge is -2.04. The predicted molar refractivity (Wildman–Crippen MR) is 45.4 cm³/mol. The summed E-state index contributed by atoms with van der Waals surface area (Å²) in [5.41, 5.74) is 5.66. The fraction of sp³-hybridized carbons (Fsp3) is 0.333. The minimum atomic E-state index is -0.0302. The molecule has 0 saturated heterocycles. The molecule has 0 saturated carbocycles. The zero-order valence-electron chi connectivity index (χ0n) is 6.69. The van der Waals surface area contributed by atoms with E-state index in [-0.39, 0.29) is 6.04 Å². The normalized spacial score (nSPS) is 17.1. The quantitative estimate of drug-likeness (QED) is 0.618. The van der Waals surface area contributed by atoms with Crippen LogP contribution in [0.25, 0.3) is 0 Å². The smallest absolute Gasteiger partial charge is 0.161 e. The van der Waals surface area contributed by atoms with Crippen LogP contribution in [0.15, 0.2) is 24.3 Å². The Labute approximate surface area is 71.1 Å². The largest absolute Gasteiger partial charge is 0.488 e. The third-order valence-electron chi connectivity index (χ3n) is 1.75. The Balaban J connectivity index is 2.26. The number of ether oxygens (including phenoxy) is 2. The summed E-state index contributed by atoms with van der Waals surface area (Å²) in [6.45, 7) is 1.05. The zero-order chi connectivity index (χ0) is 8.39. The number of nitrogens with two attached hydrogens (primary N) is 1. The van der Waals surface area contributed by atoms with Crippen LogP contribution in [0.1, 0.15) is 0 Å². The first kappa shape index (κ1) is 7.43. The molecule has 0 amide bonds. The van der Waals surface area contributed by atoms with E-state index in [0.717, 1.165) is 11.5 Å². The molecule has 0 aliphatic carbocycles. The molecule has 1 heterocycles. The molecule has 0 unspecified atom stereocenters. The Hall–Kier alpha value is -1.22. The van der Waals surface area contributed by atoms with Crippen molar-refractivity contribution >= 4 is 0 Å². The van der Waals surface area contributed by atoms with Gasteiger partial charge in [0.1, 0.15) is 13.2 Å². The van der Waals surface area contributed by atoms with Gasteiger partial charge < -0.3 is 15.2 Å². The molecular weight excluding hydrogens is 154 g/mol. The highest BCUT2D eigenvalue weighted by Crippen LogP contribution is 2.27. The number of benzene rings is 1. The van der Waals surface area contributed by atoms with Crippen LogP contribution in [0.2, 0.25) is 0 Å². The van der Waals surface area contributed by atoms with Crippen molar-refractivity contribution in [3.8, 4) is 11.5 Å². The molecule has 12 heavy (non-hydrogen) atoms. The van der Waals surface area contributed by atoms with Crippen molar-refractivity contribution in [2.75, 3.05) is 13.2 Å². The van der Waals surface area contributed by atoms with Crippen LogP contribution in [0.5, 0.6) is 11.5 Å². The highest BCUT2D eigenvalue weighted by Gasteiger charge is 2.13. The Kier molecular flexibility index (Phi) is 1.87. The van der Waals surface area contributed by atoms with Gasteiger partial charge in [-0.25, -0.2) is 0 Å². The molecule has 1 aromatic rings. The molecule has 2 N–H and O–H groups in total. The van der Waals surface area contributed by atoms with Crippen molar-refractivity contribution in [1.29, 1.82) is 0 Å². The number of rotatable bonds is 0. The van der Waals surface area contributed by atoms with Gasteiger partial charge in [0.15, 0.2) is 11.5 Å². The second-order valence-corrected chi connectivity index (χ2v) is 2.83. The van der Waals surface area contributed by atoms with Crippen LogP contribution < -0.4 is 15.2 Å². The summed E-state index contributed by atoms with van der Waals surface area (Å²) in [5, 5.41) is 0. The van der Waals surface area contributed by atoms with Crippen molar-refractivity contribution < 1.29 is 9.47 Å². The van der Waals surface area contributed by atoms with E-state index in [0.29, 0.717) is 13.2 Å². The van der Waals surface area contributed by atoms with E-state index >= 15 is 0 Å². The van der Waals surface area contributed by atoms with Gasteiger partial charge in [-0.15, -0.1) is 0 Å². The monoisotopic (exact) mass is 165 g/mol. The van der Waals surface area contributed by atoms with Crippen LogP contribution in [-0.4, -0.2) is 19.3 Å². The first-order valence-corrected chi connectivity index (χ1v) is 3.96. The summed E-state index contributed by atoms with van der Waals surface area (Å²) in [5.74, 6) is 1.57. The zero-order valence-corrected chi connectivity index (χ0v) is 6.69. The van der Waals surface area contributed by atoms with Gasteiger partial charge in [0.25, 0.3) is 0 Å². The molecule has 0 radical (unpaired) electrons. The third-order valence-corrected chi connectivity index (χ3v) is 1.75. The molecule has 1 aliphatic rings. The van der Waals surface area contributed by atoms with Crippen LogP contribution >= 0.6 is 0 Å². The van der Waals surface area contributed by atoms with Gasteiger partial charge in [-0.3, -0.25) is 0 Å². The van der Waals surface area contributed by atoms with Crippen LogP contribution in [0, 0.1) is 0 Å². The van der Waals surface area contributed by atoms with Crippen LogP contribution in [0.3, 0.4) is 0 Å². The highest BCUT2D eigenvalue weighted by atomic mass is 16.5. The molecule has 1 aromatic carbocycles. The van der Waals surface area contributed by atoms with Gasteiger partial charge in [0.2, 0.25) is 0 Å². The average molecular weight is 165 g/mol. The summed E-state index contributed by atoms with van der Waals surface area (Å²) in [6, 6.07) is 7.57. The van der Waals surface area contributed by atoms with Crippen molar-refractivity contribution in [2.24, 2.45) is 5.73 Å². The second-order valence-electron chi connectivity index (χ2n) is 2.83. The second kappa shape index (κ2) is 3.03. The Morgan fingerprint density at radius 2 is 1.58 bits per heavy atom. The molecule has 3 nitrogen and oxygen atoms in total. The van der Waals surface area contributed by atoms with E-state index in [1.165, 1.54) is 0 Å². The summed E-state index contributed by atoms with van der Waals surface area (Å²) in [6.07, 6.45) is 0. The van der Waals surface area contributed by atoms with E-state index in [2.05, 4.69) is 0 Å². The molecule has 0 fully saturated rings.